The maximum atomic E-state index is 12.6. The molecule has 0 unspecified atom stereocenters. The average molecular weight is 332 g/mol. The van der Waals surface area contributed by atoms with E-state index in [1.54, 1.807) is 0 Å². The third-order valence-electron chi connectivity index (χ3n) is 3.39. The van der Waals surface area contributed by atoms with Gasteiger partial charge < -0.3 is 14.8 Å². The molecule has 1 amide bonds. The zero-order chi connectivity index (χ0) is 16.7. The second kappa shape index (κ2) is 8.16. The highest BCUT2D eigenvalue weighted by Crippen LogP contribution is 2.31. The Labute approximate surface area is 132 Å². The number of benzene rings is 1. The van der Waals surface area contributed by atoms with E-state index in [0.29, 0.717) is 26.3 Å². The van der Waals surface area contributed by atoms with Gasteiger partial charge in [-0.05, 0) is 18.2 Å². The minimum atomic E-state index is -4.43. The third kappa shape index (κ3) is 6.07. The van der Waals surface area contributed by atoms with Gasteiger partial charge in [-0.25, -0.2) is 0 Å². The third-order valence-corrected chi connectivity index (χ3v) is 3.39. The van der Waals surface area contributed by atoms with Gasteiger partial charge in [0.05, 0.1) is 18.8 Å². The predicted octanol–water partition coefficient (Wildman–Crippen LogP) is 1.53. The first kappa shape index (κ1) is 17.6. The molecule has 8 heteroatoms. The number of rotatable bonds is 6. The van der Waals surface area contributed by atoms with Crippen molar-refractivity contribution in [3.05, 3.63) is 29.8 Å². The first-order valence-electron chi connectivity index (χ1n) is 7.32. The van der Waals surface area contributed by atoms with Crippen molar-refractivity contribution in [3.8, 4) is 5.75 Å². The summed E-state index contributed by atoms with van der Waals surface area (Å²) in [5, 5.41) is 2.68. The smallest absolute Gasteiger partial charge is 0.416 e. The first-order chi connectivity index (χ1) is 10.9. The summed E-state index contributed by atoms with van der Waals surface area (Å²) in [4.78, 5) is 13.8. The normalized spacial score (nSPS) is 16.1. The van der Waals surface area contributed by atoms with E-state index >= 15 is 0 Å². The summed E-state index contributed by atoms with van der Waals surface area (Å²) in [7, 11) is 0. The van der Waals surface area contributed by atoms with Crippen LogP contribution in [0.25, 0.3) is 0 Å². The molecule has 1 aliphatic rings. The Morgan fingerprint density at radius 1 is 1.30 bits per heavy atom. The number of nitrogens with one attached hydrogen (secondary N) is 1. The molecule has 1 heterocycles. The molecule has 128 valence electrons. The number of amides is 1. The van der Waals surface area contributed by atoms with Crippen LogP contribution in [0, 0.1) is 0 Å². The fraction of sp³-hybridized carbons (Fsp3) is 0.533. The number of ether oxygens (including phenoxy) is 2. The van der Waals surface area contributed by atoms with Crippen LogP contribution in [-0.4, -0.2) is 56.8 Å². The molecule has 1 aliphatic heterocycles. The Balaban J connectivity index is 1.69. The molecule has 0 atom stereocenters. The molecule has 1 aromatic carbocycles. The first-order valence-corrected chi connectivity index (χ1v) is 7.32. The van der Waals surface area contributed by atoms with Crippen LogP contribution in [0.5, 0.6) is 5.75 Å². The van der Waals surface area contributed by atoms with Crippen molar-refractivity contribution in [1.82, 2.24) is 10.2 Å². The van der Waals surface area contributed by atoms with Gasteiger partial charge in [0.15, 0.2) is 6.61 Å². The summed E-state index contributed by atoms with van der Waals surface area (Å²) >= 11 is 0. The van der Waals surface area contributed by atoms with Gasteiger partial charge in [-0.1, -0.05) is 6.07 Å². The van der Waals surface area contributed by atoms with E-state index in [-0.39, 0.29) is 18.3 Å². The van der Waals surface area contributed by atoms with Crippen LogP contribution >= 0.6 is 0 Å². The van der Waals surface area contributed by atoms with Crippen LogP contribution in [0.3, 0.4) is 0 Å². The molecule has 1 N–H and O–H groups in total. The molecule has 1 saturated heterocycles. The van der Waals surface area contributed by atoms with Crippen LogP contribution in [0.15, 0.2) is 24.3 Å². The van der Waals surface area contributed by atoms with E-state index in [1.807, 2.05) is 0 Å². The fourth-order valence-electron chi connectivity index (χ4n) is 2.14. The van der Waals surface area contributed by atoms with Gasteiger partial charge in [-0.3, -0.25) is 9.69 Å². The van der Waals surface area contributed by atoms with Gasteiger partial charge >= 0.3 is 6.18 Å². The summed E-state index contributed by atoms with van der Waals surface area (Å²) in [5.41, 5.74) is -0.803. The molecule has 0 spiro atoms. The van der Waals surface area contributed by atoms with Gasteiger partial charge in [0, 0.05) is 26.2 Å². The Bertz CT molecular complexity index is 517. The Kier molecular flexibility index (Phi) is 6.23. The van der Waals surface area contributed by atoms with E-state index in [0.717, 1.165) is 25.2 Å². The van der Waals surface area contributed by atoms with Crippen molar-refractivity contribution >= 4 is 5.91 Å². The predicted molar refractivity (Wildman–Crippen MR) is 77.2 cm³/mol. The summed E-state index contributed by atoms with van der Waals surface area (Å²) in [6, 6.07) is 4.46. The second-order valence-corrected chi connectivity index (χ2v) is 5.12. The van der Waals surface area contributed by atoms with Crippen LogP contribution in [0.4, 0.5) is 13.2 Å². The van der Waals surface area contributed by atoms with Crippen molar-refractivity contribution in [2.75, 3.05) is 46.0 Å². The fourth-order valence-corrected chi connectivity index (χ4v) is 2.14. The standard InChI is InChI=1S/C15H19F3N2O3/c16-15(17,18)12-2-1-3-13(10-12)23-11-14(21)19-4-5-20-6-8-22-9-7-20/h1-3,10H,4-9,11H2,(H,19,21). The SMILES string of the molecule is O=C(COc1cccc(C(F)(F)F)c1)NCCN1CCOCC1. The van der Waals surface area contributed by atoms with E-state index in [2.05, 4.69) is 10.2 Å². The van der Waals surface area contributed by atoms with Crippen molar-refractivity contribution in [2.45, 2.75) is 6.18 Å². The molecule has 5 nitrogen and oxygen atoms in total. The monoisotopic (exact) mass is 332 g/mol. The number of alkyl halides is 3. The minimum Gasteiger partial charge on any atom is -0.484 e. The summed E-state index contributed by atoms with van der Waals surface area (Å²) in [6.45, 7) is 3.89. The van der Waals surface area contributed by atoms with E-state index < -0.39 is 11.7 Å². The zero-order valence-electron chi connectivity index (χ0n) is 12.6. The van der Waals surface area contributed by atoms with Gasteiger partial charge in [0.1, 0.15) is 5.75 Å². The number of hydrogen-bond donors (Lipinski definition) is 1. The topological polar surface area (TPSA) is 50.8 Å². The molecule has 0 aliphatic carbocycles. The number of halogens is 3. The number of hydrogen-bond acceptors (Lipinski definition) is 4. The molecule has 0 aromatic heterocycles. The lowest BCUT2D eigenvalue weighted by atomic mass is 10.2. The van der Waals surface area contributed by atoms with Crippen molar-refractivity contribution in [2.24, 2.45) is 0 Å². The second-order valence-electron chi connectivity index (χ2n) is 5.12. The van der Waals surface area contributed by atoms with E-state index in [9.17, 15) is 18.0 Å². The molecule has 23 heavy (non-hydrogen) atoms. The molecule has 0 bridgehead atoms. The summed E-state index contributed by atoms with van der Waals surface area (Å²) in [5.74, 6) is -0.348. The number of carbonyl (C=O) groups is 1. The van der Waals surface area contributed by atoms with Crippen molar-refractivity contribution in [3.63, 3.8) is 0 Å². The lowest BCUT2D eigenvalue weighted by Gasteiger charge is -2.26. The number of nitrogens with zero attached hydrogens (tertiary/aromatic N) is 1. The van der Waals surface area contributed by atoms with E-state index in [1.165, 1.54) is 12.1 Å². The maximum absolute atomic E-state index is 12.6. The van der Waals surface area contributed by atoms with Gasteiger partial charge in [0.2, 0.25) is 0 Å². The Hall–Kier alpha value is -1.80. The largest absolute Gasteiger partial charge is 0.484 e. The molecule has 0 saturated carbocycles. The average Bonchev–Trinajstić information content (AvgIpc) is 2.53. The van der Waals surface area contributed by atoms with Gasteiger partial charge in [-0.2, -0.15) is 13.2 Å². The molecule has 1 aromatic rings. The minimum absolute atomic E-state index is 0.0168. The quantitative estimate of drug-likeness (QED) is 0.858. The van der Waals surface area contributed by atoms with Crippen molar-refractivity contribution in [1.29, 1.82) is 0 Å². The lowest BCUT2D eigenvalue weighted by molar-refractivity contribution is -0.137. The molecule has 0 radical (unpaired) electrons. The number of morpholine rings is 1. The molecular formula is C15H19F3N2O3. The van der Waals surface area contributed by atoms with E-state index in [4.69, 9.17) is 9.47 Å². The van der Waals surface area contributed by atoms with Crippen LogP contribution in [-0.2, 0) is 15.7 Å². The highest BCUT2D eigenvalue weighted by atomic mass is 19.4. The maximum Gasteiger partial charge on any atom is 0.416 e. The Morgan fingerprint density at radius 2 is 2.04 bits per heavy atom. The van der Waals surface area contributed by atoms with Crippen LogP contribution in [0.1, 0.15) is 5.56 Å². The summed E-state index contributed by atoms with van der Waals surface area (Å²) < 4.78 is 48.0. The molecule has 1 fully saturated rings. The van der Waals surface area contributed by atoms with Crippen LogP contribution in [0.2, 0.25) is 0 Å². The Morgan fingerprint density at radius 3 is 2.74 bits per heavy atom. The van der Waals surface area contributed by atoms with Gasteiger partial charge in [-0.15, -0.1) is 0 Å². The lowest BCUT2D eigenvalue weighted by Crippen LogP contribution is -2.42. The molecule has 2 rings (SSSR count). The highest BCUT2D eigenvalue weighted by molar-refractivity contribution is 5.77. The highest BCUT2D eigenvalue weighted by Gasteiger charge is 2.30. The van der Waals surface area contributed by atoms with Crippen molar-refractivity contribution < 1.29 is 27.4 Å². The van der Waals surface area contributed by atoms with Crippen LogP contribution < -0.4 is 10.1 Å². The van der Waals surface area contributed by atoms with Gasteiger partial charge in [0.25, 0.3) is 5.91 Å². The zero-order valence-corrected chi connectivity index (χ0v) is 12.6. The summed E-state index contributed by atoms with van der Waals surface area (Å²) in [6.07, 6.45) is -4.43. The molecular weight excluding hydrogens is 313 g/mol. The number of carbonyl (C=O) groups excluding carboxylic acids is 1.